The first kappa shape index (κ1) is 11.7. The summed E-state index contributed by atoms with van der Waals surface area (Å²) < 4.78 is 13.7. The summed E-state index contributed by atoms with van der Waals surface area (Å²) in [7, 11) is 1.79. The van der Waals surface area contributed by atoms with Gasteiger partial charge in [0.05, 0.1) is 17.9 Å². The highest BCUT2D eigenvalue weighted by Gasteiger charge is 2.17. The second-order valence-corrected chi connectivity index (χ2v) is 3.82. The molecule has 2 heterocycles. The Hall–Kier alpha value is -1.81. The van der Waals surface area contributed by atoms with E-state index in [0.717, 1.165) is 11.4 Å². The van der Waals surface area contributed by atoms with E-state index in [2.05, 4.69) is 15.3 Å². The van der Waals surface area contributed by atoms with Gasteiger partial charge in [-0.1, -0.05) is 6.07 Å². The summed E-state index contributed by atoms with van der Waals surface area (Å²) in [6.45, 7) is 1.92. The minimum absolute atomic E-state index is 0.252. The van der Waals surface area contributed by atoms with E-state index in [4.69, 9.17) is 0 Å². The molecule has 17 heavy (non-hydrogen) atoms. The van der Waals surface area contributed by atoms with Crippen molar-refractivity contribution >= 4 is 0 Å². The Morgan fingerprint density at radius 2 is 2.12 bits per heavy atom. The van der Waals surface area contributed by atoms with E-state index in [-0.39, 0.29) is 11.9 Å². The third kappa shape index (κ3) is 2.47. The molecule has 0 aliphatic carbocycles. The first-order chi connectivity index (χ1) is 8.22. The van der Waals surface area contributed by atoms with E-state index < -0.39 is 0 Å². The van der Waals surface area contributed by atoms with Crippen LogP contribution < -0.4 is 5.32 Å². The average Bonchev–Trinajstić information content (AvgIpc) is 2.33. The molecule has 0 amide bonds. The van der Waals surface area contributed by atoms with Crippen LogP contribution in [0, 0.1) is 12.7 Å². The van der Waals surface area contributed by atoms with Crippen molar-refractivity contribution in [3.05, 3.63) is 59.4 Å². The fourth-order valence-corrected chi connectivity index (χ4v) is 1.81. The van der Waals surface area contributed by atoms with Crippen molar-refractivity contribution < 1.29 is 4.39 Å². The second-order valence-electron chi connectivity index (χ2n) is 3.82. The van der Waals surface area contributed by atoms with Crippen LogP contribution in [0.2, 0.25) is 0 Å². The summed E-state index contributed by atoms with van der Waals surface area (Å²) in [6, 6.07) is 7.13. The molecule has 3 nitrogen and oxygen atoms in total. The highest BCUT2D eigenvalue weighted by atomic mass is 19.1. The van der Waals surface area contributed by atoms with Gasteiger partial charge in [0.1, 0.15) is 5.82 Å². The molecule has 2 rings (SSSR count). The van der Waals surface area contributed by atoms with E-state index in [0.29, 0.717) is 5.56 Å². The maximum absolute atomic E-state index is 13.7. The number of rotatable bonds is 3. The second kappa shape index (κ2) is 5.01. The van der Waals surface area contributed by atoms with Crippen molar-refractivity contribution in [1.82, 2.24) is 15.3 Å². The Bertz CT molecular complexity index is 514. The minimum Gasteiger partial charge on any atom is -0.308 e. The van der Waals surface area contributed by atoms with Crippen LogP contribution in [0.1, 0.15) is 23.0 Å². The lowest BCUT2D eigenvalue weighted by Crippen LogP contribution is -2.20. The molecule has 2 aromatic heterocycles. The number of pyridine rings is 2. The first-order valence-corrected chi connectivity index (χ1v) is 5.42. The zero-order chi connectivity index (χ0) is 12.3. The van der Waals surface area contributed by atoms with E-state index in [1.165, 1.54) is 6.20 Å². The summed E-state index contributed by atoms with van der Waals surface area (Å²) in [6.07, 6.45) is 2.80. The lowest BCUT2D eigenvalue weighted by Gasteiger charge is -2.16. The SMILES string of the molecule is CNC(c1cccc(C)n1)c1ccncc1F. The van der Waals surface area contributed by atoms with E-state index in [1.54, 1.807) is 19.3 Å². The molecule has 0 spiro atoms. The summed E-state index contributed by atoms with van der Waals surface area (Å²) >= 11 is 0. The van der Waals surface area contributed by atoms with Crippen LogP contribution in [0.3, 0.4) is 0 Å². The summed E-state index contributed by atoms with van der Waals surface area (Å²) in [5.74, 6) is -0.324. The van der Waals surface area contributed by atoms with Gasteiger partial charge in [-0.25, -0.2) is 4.39 Å². The molecule has 0 fully saturated rings. The molecular weight excluding hydrogens is 217 g/mol. The van der Waals surface area contributed by atoms with Crippen molar-refractivity contribution in [2.45, 2.75) is 13.0 Å². The van der Waals surface area contributed by atoms with Crippen molar-refractivity contribution in [2.75, 3.05) is 7.05 Å². The van der Waals surface area contributed by atoms with Crippen LogP contribution in [0.4, 0.5) is 4.39 Å². The maximum Gasteiger partial charge on any atom is 0.146 e. The molecule has 0 aliphatic heterocycles. The van der Waals surface area contributed by atoms with Crippen LogP contribution in [0.5, 0.6) is 0 Å². The molecule has 1 atom stereocenters. The minimum atomic E-state index is -0.324. The molecule has 0 bridgehead atoms. The Morgan fingerprint density at radius 3 is 2.76 bits per heavy atom. The Morgan fingerprint density at radius 1 is 1.29 bits per heavy atom. The van der Waals surface area contributed by atoms with Gasteiger partial charge in [-0.15, -0.1) is 0 Å². The summed E-state index contributed by atoms with van der Waals surface area (Å²) in [4.78, 5) is 8.16. The molecular formula is C13H14FN3. The number of hydrogen-bond donors (Lipinski definition) is 1. The topological polar surface area (TPSA) is 37.8 Å². The van der Waals surface area contributed by atoms with Crippen molar-refractivity contribution in [1.29, 1.82) is 0 Å². The molecule has 2 aromatic rings. The largest absolute Gasteiger partial charge is 0.308 e. The van der Waals surface area contributed by atoms with Gasteiger partial charge in [0.25, 0.3) is 0 Å². The molecule has 0 aliphatic rings. The van der Waals surface area contributed by atoms with Gasteiger partial charge in [-0.2, -0.15) is 0 Å². The van der Waals surface area contributed by atoms with Crippen LogP contribution in [0.15, 0.2) is 36.7 Å². The van der Waals surface area contributed by atoms with Gasteiger partial charge in [-0.05, 0) is 32.2 Å². The Labute approximate surface area is 99.7 Å². The van der Waals surface area contributed by atoms with Crippen molar-refractivity contribution in [3.63, 3.8) is 0 Å². The highest BCUT2D eigenvalue weighted by molar-refractivity contribution is 5.27. The molecule has 4 heteroatoms. The third-order valence-electron chi connectivity index (χ3n) is 2.61. The zero-order valence-corrected chi connectivity index (χ0v) is 9.81. The molecule has 0 radical (unpaired) electrons. The number of hydrogen-bond acceptors (Lipinski definition) is 3. The highest BCUT2D eigenvalue weighted by Crippen LogP contribution is 2.21. The lowest BCUT2D eigenvalue weighted by atomic mass is 10.0. The quantitative estimate of drug-likeness (QED) is 0.880. The number of aryl methyl sites for hydroxylation is 1. The molecule has 0 saturated heterocycles. The molecule has 0 saturated carbocycles. The van der Waals surface area contributed by atoms with Crippen LogP contribution >= 0.6 is 0 Å². The van der Waals surface area contributed by atoms with Crippen LogP contribution in [-0.2, 0) is 0 Å². The molecule has 1 N–H and O–H groups in total. The van der Waals surface area contributed by atoms with Gasteiger partial charge >= 0.3 is 0 Å². The smallest absolute Gasteiger partial charge is 0.146 e. The number of nitrogens with zero attached hydrogens (tertiary/aromatic N) is 2. The molecule has 88 valence electrons. The third-order valence-corrected chi connectivity index (χ3v) is 2.61. The number of halogens is 1. The molecule has 1 unspecified atom stereocenters. The van der Waals surface area contributed by atoms with Crippen LogP contribution in [0.25, 0.3) is 0 Å². The normalized spacial score (nSPS) is 12.4. The number of nitrogens with one attached hydrogen (secondary N) is 1. The van der Waals surface area contributed by atoms with E-state index >= 15 is 0 Å². The lowest BCUT2D eigenvalue weighted by molar-refractivity contribution is 0.565. The van der Waals surface area contributed by atoms with Gasteiger partial charge in [0.2, 0.25) is 0 Å². The van der Waals surface area contributed by atoms with Crippen molar-refractivity contribution in [3.8, 4) is 0 Å². The predicted octanol–water partition coefficient (Wildman–Crippen LogP) is 2.23. The Balaban J connectivity index is 2.44. The van der Waals surface area contributed by atoms with Gasteiger partial charge in [-0.3, -0.25) is 9.97 Å². The van der Waals surface area contributed by atoms with Crippen molar-refractivity contribution in [2.24, 2.45) is 0 Å². The number of aromatic nitrogens is 2. The Kier molecular flexibility index (Phi) is 3.44. The van der Waals surface area contributed by atoms with Gasteiger partial charge in [0.15, 0.2) is 0 Å². The standard InChI is InChI=1S/C13H14FN3/c1-9-4-3-5-12(17-9)13(15-2)10-6-7-16-8-11(10)14/h3-8,13,15H,1-2H3. The monoisotopic (exact) mass is 231 g/mol. The van der Waals surface area contributed by atoms with E-state index in [1.807, 2.05) is 25.1 Å². The van der Waals surface area contributed by atoms with E-state index in [9.17, 15) is 4.39 Å². The van der Waals surface area contributed by atoms with Gasteiger partial charge < -0.3 is 5.32 Å². The first-order valence-electron chi connectivity index (χ1n) is 5.42. The fraction of sp³-hybridized carbons (Fsp3) is 0.231. The maximum atomic E-state index is 13.7. The van der Waals surface area contributed by atoms with Crippen LogP contribution in [-0.4, -0.2) is 17.0 Å². The average molecular weight is 231 g/mol. The zero-order valence-electron chi connectivity index (χ0n) is 9.81. The van der Waals surface area contributed by atoms with Gasteiger partial charge in [0, 0.05) is 17.5 Å². The fourth-order valence-electron chi connectivity index (χ4n) is 1.81. The summed E-state index contributed by atoms with van der Waals surface area (Å²) in [5.41, 5.74) is 2.27. The predicted molar refractivity (Wildman–Crippen MR) is 64.1 cm³/mol. The summed E-state index contributed by atoms with van der Waals surface area (Å²) in [5, 5.41) is 3.07. The molecule has 0 aromatic carbocycles.